The monoisotopic (exact) mass is 302 g/mol. The number of nitrogens with one attached hydrogen (secondary N) is 1. The Morgan fingerprint density at radius 3 is 2.19 bits per heavy atom. The fourth-order valence-electron chi connectivity index (χ4n) is 1.69. The van der Waals surface area contributed by atoms with Crippen molar-refractivity contribution in [2.75, 3.05) is 14.2 Å². The van der Waals surface area contributed by atoms with Crippen LogP contribution in [0.25, 0.3) is 0 Å². The van der Waals surface area contributed by atoms with Gasteiger partial charge in [0.05, 0.1) is 20.4 Å². The molecule has 0 aliphatic heterocycles. The van der Waals surface area contributed by atoms with Gasteiger partial charge < -0.3 is 9.47 Å². The van der Waals surface area contributed by atoms with Gasteiger partial charge in [-0.3, -0.25) is 0 Å². The number of methoxy groups -OCH3 is 2. The van der Waals surface area contributed by atoms with Crippen molar-refractivity contribution in [2.24, 2.45) is 5.10 Å². The van der Waals surface area contributed by atoms with Gasteiger partial charge in [-0.15, -0.1) is 0 Å². The second kappa shape index (κ2) is 7.59. The summed E-state index contributed by atoms with van der Waals surface area (Å²) in [4.78, 5) is 4.06. The Balaban J connectivity index is 1.96. The van der Waals surface area contributed by atoms with Gasteiger partial charge in [-0.25, -0.2) is 4.83 Å². The lowest BCUT2D eigenvalue weighted by Crippen LogP contribution is -1.95. The number of hydrogen-bond donors (Lipinski definition) is 1. The first kappa shape index (κ1) is 15.3. The number of hydrogen-bond acceptors (Lipinski definition) is 5. The fourth-order valence-corrected chi connectivity index (χ4v) is 2.17. The zero-order valence-corrected chi connectivity index (χ0v) is 13.1. The summed E-state index contributed by atoms with van der Waals surface area (Å²) in [6, 6.07) is 13.9. The third kappa shape index (κ3) is 4.72. The zero-order chi connectivity index (χ0) is 15.1. The van der Waals surface area contributed by atoms with Gasteiger partial charge in [0.1, 0.15) is 11.5 Å². The van der Waals surface area contributed by atoms with E-state index in [0.29, 0.717) is 0 Å². The lowest BCUT2D eigenvalue weighted by Gasteiger charge is -2.05. The van der Waals surface area contributed by atoms with E-state index in [1.165, 1.54) is 17.5 Å². The highest BCUT2D eigenvalue weighted by Gasteiger charge is 1.99. The zero-order valence-electron chi connectivity index (χ0n) is 12.3. The molecule has 0 saturated carbocycles. The lowest BCUT2D eigenvalue weighted by atomic mass is 10.2. The van der Waals surface area contributed by atoms with E-state index in [9.17, 15) is 0 Å². The second-order valence-corrected chi connectivity index (χ2v) is 5.27. The highest BCUT2D eigenvalue weighted by Crippen LogP contribution is 2.21. The normalized spacial score (nSPS) is 10.6. The quantitative estimate of drug-likeness (QED) is 0.502. The van der Waals surface area contributed by atoms with Gasteiger partial charge in [-0.1, -0.05) is 17.7 Å². The minimum atomic E-state index is 0.738. The van der Waals surface area contributed by atoms with Crippen molar-refractivity contribution in [2.45, 2.75) is 11.8 Å². The molecular weight excluding hydrogens is 284 g/mol. The predicted octanol–water partition coefficient (Wildman–Crippen LogP) is 3.64. The van der Waals surface area contributed by atoms with Gasteiger partial charge in [0, 0.05) is 28.5 Å². The molecule has 0 fully saturated rings. The average molecular weight is 302 g/mol. The van der Waals surface area contributed by atoms with E-state index in [0.717, 1.165) is 22.0 Å². The van der Waals surface area contributed by atoms with Crippen LogP contribution in [0.4, 0.5) is 0 Å². The Hall–Kier alpha value is -2.14. The topological polar surface area (TPSA) is 42.8 Å². The maximum Gasteiger partial charge on any atom is 0.123 e. The van der Waals surface area contributed by atoms with E-state index in [1.807, 2.05) is 18.2 Å². The van der Waals surface area contributed by atoms with Gasteiger partial charge >= 0.3 is 0 Å². The smallest absolute Gasteiger partial charge is 0.123 e. The van der Waals surface area contributed by atoms with Crippen molar-refractivity contribution >= 4 is 18.2 Å². The van der Waals surface area contributed by atoms with Crippen LogP contribution in [-0.2, 0) is 0 Å². The van der Waals surface area contributed by atoms with Gasteiger partial charge in [-0.05, 0) is 31.2 Å². The van der Waals surface area contributed by atoms with Crippen LogP contribution in [0, 0.1) is 6.92 Å². The van der Waals surface area contributed by atoms with Crippen molar-refractivity contribution in [3.8, 4) is 11.5 Å². The summed E-state index contributed by atoms with van der Waals surface area (Å²) in [5.74, 6) is 1.48. The largest absolute Gasteiger partial charge is 0.497 e. The van der Waals surface area contributed by atoms with E-state index >= 15 is 0 Å². The van der Waals surface area contributed by atoms with Gasteiger partial charge in [0.2, 0.25) is 0 Å². The molecule has 110 valence electrons. The van der Waals surface area contributed by atoms with Gasteiger partial charge in [-0.2, -0.15) is 5.10 Å². The lowest BCUT2D eigenvalue weighted by molar-refractivity contribution is 0.394. The van der Waals surface area contributed by atoms with Gasteiger partial charge in [0.15, 0.2) is 0 Å². The first-order valence-corrected chi connectivity index (χ1v) is 7.27. The number of aryl methyl sites for hydroxylation is 1. The molecule has 2 aromatic rings. The molecule has 0 atom stereocenters. The predicted molar refractivity (Wildman–Crippen MR) is 87.3 cm³/mol. The number of benzene rings is 2. The Labute approximate surface area is 129 Å². The molecule has 2 aromatic carbocycles. The van der Waals surface area contributed by atoms with Crippen LogP contribution in [0.5, 0.6) is 11.5 Å². The molecule has 0 aromatic heterocycles. The Morgan fingerprint density at radius 2 is 1.62 bits per heavy atom. The second-order valence-electron chi connectivity index (χ2n) is 4.41. The summed E-state index contributed by atoms with van der Waals surface area (Å²) < 4.78 is 10.4. The first-order valence-electron chi connectivity index (χ1n) is 6.46. The SMILES string of the molecule is COc1cc(/C=N\NSc2ccc(C)cc2)cc(OC)c1. The van der Waals surface area contributed by atoms with Crippen LogP contribution in [0.1, 0.15) is 11.1 Å². The minimum absolute atomic E-state index is 0.738. The average Bonchev–Trinajstić information content (AvgIpc) is 2.53. The molecule has 0 heterocycles. The maximum absolute atomic E-state index is 5.22. The summed E-state index contributed by atoms with van der Waals surface area (Å²) >= 11 is 1.46. The van der Waals surface area contributed by atoms with Crippen molar-refractivity contribution in [1.29, 1.82) is 0 Å². The molecule has 0 spiro atoms. The number of hydrazone groups is 1. The summed E-state index contributed by atoms with van der Waals surface area (Å²) in [5.41, 5.74) is 2.15. The summed E-state index contributed by atoms with van der Waals surface area (Å²) in [5, 5.41) is 4.19. The third-order valence-electron chi connectivity index (χ3n) is 2.82. The molecule has 4 nitrogen and oxygen atoms in total. The molecule has 0 amide bonds. The molecule has 0 saturated heterocycles. The highest BCUT2D eigenvalue weighted by atomic mass is 32.2. The van der Waals surface area contributed by atoms with Crippen molar-refractivity contribution in [3.05, 3.63) is 53.6 Å². The van der Waals surface area contributed by atoms with E-state index in [2.05, 4.69) is 41.1 Å². The Morgan fingerprint density at radius 1 is 1.00 bits per heavy atom. The minimum Gasteiger partial charge on any atom is -0.497 e. The third-order valence-corrected chi connectivity index (χ3v) is 3.53. The molecule has 0 aliphatic carbocycles. The van der Waals surface area contributed by atoms with Crippen LogP contribution in [0.3, 0.4) is 0 Å². The number of ether oxygens (including phenoxy) is 2. The first-order chi connectivity index (χ1) is 10.2. The molecule has 5 heteroatoms. The standard InChI is InChI=1S/C16H18N2O2S/c1-12-4-6-16(7-5-12)21-18-17-11-13-8-14(19-2)10-15(9-13)20-3/h4-11,18H,1-3H3/b17-11-. The highest BCUT2D eigenvalue weighted by molar-refractivity contribution is 7.97. The number of nitrogens with zero attached hydrogens (tertiary/aromatic N) is 1. The molecule has 2 rings (SSSR count). The Kier molecular flexibility index (Phi) is 5.51. The fraction of sp³-hybridized carbons (Fsp3) is 0.188. The Bertz CT molecular complexity index is 590. The van der Waals surface area contributed by atoms with Crippen LogP contribution in [0.2, 0.25) is 0 Å². The molecule has 0 unspecified atom stereocenters. The molecular formula is C16H18N2O2S. The maximum atomic E-state index is 5.22. The van der Waals surface area contributed by atoms with E-state index in [4.69, 9.17) is 9.47 Å². The van der Waals surface area contributed by atoms with E-state index in [1.54, 1.807) is 20.4 Å². The van der Waals surface area contributed by atoms with Crippen molar-refractivity contribution < 1.29 is 9.47 Å². The molecule has 0 aliphatic rings. The number of rotatable bonds is 6. The summed E-state index contributed by atoms with van der Waals surface area (Å²) in [7, 11) is 3.25. The van der Waals surface area contributed by atoms with E-state index in [-0.39, 0.29) is 0 Å². The van der Waals surface area contributed by atoms with E-state index < -0.39 is 0 Å². The van der Waals surface area contributed by atoms with Gasteiger partial charge in [0.25, 0.3) is 0 Å². The molecule has 1 N–H and O–H groups in total. The van der Waals surface area contributed by atoms with Crippen molar-refractivity contribution in [3.63, 3.8) is 0 Å². The molecule has 0 bridgehead atoms. The van der Waals surface area contributed by atoms with Crippen LogP contribution >= 0.6 is 11.9 Å². The van der Waals surface area contributed by atoms with Crippen LogP contribution in [0.15, 0.2) is 52.5 Å². The van der Waals surface area contributed by atoms with Crippen LogP contribution < -0.4 is 14.3 Å². The van der Waals surface area contributed by atoms with Crippen molar-refractivity contribution in [1.82, 2.24) is 4.83 Å². The summed E-state index contributed by atoms with van der Waals surface area (Å²) in [6.45, 7) is 2.07. The molecule has 0 radical (unpaired) electrons. The molecule has 21 heavy (non-hydrogen) atoms. The van der Waals surface area contributed by atoms with Crippen LogP contribution in [-0.4, -0.2) is 20.4 Å². The summed E-state index contributed by atoms with van der Waals surface area (Å²) in [6.07, 6.45) is 1.73.